The summed E-state index contributed by atoms with van der Waals surface area (Å²) in [6.45, 7) is -0.257. The minimum absolute atomic E-state index is 0.203. The number of rotatable bonds is 6. The van der Waals surface area contributed by atoms with Gasteiger partial charge in [-0.1, -0.05) is 41.6 Å². The van der Waals surface area contributed by atoms with Gasteiger partial charge in [0.25, 0.3) is 5.91 Å². The van der Waals surface area contributed by atoms with Gasteiger partial charge in [0.2, 0.25) is 0 Å². The predicted octanol–water partition coefficient (Wildman–Crippen LogP) is 3.80. The fraction of sp³-hybridized carbons (Fsp3) is 0.118. The van der Waals surface area contributed by atoms with Crippen LogP contribution < -0.4 is 4.74 Å². The Labute approximate surface area is 163 Å². The first-order valence-electron chi connectivity index (χ1n) is 7.36. The molecule has 9 heteroatoms. The SMILES string of the molecule is O=C(O)CN1C(=O)/C(=C/c2ccc(COc3cccc(Cl)c3)o2)SC1=S. The van der Waals surface area contributed by atoms with Crippen LogP contribution in [0, 0.1) is 0 Å². The Morgan fingerprint density at radius 1 is 1.38 bits per heavy atom. The van der Waals surface area contributed by atoms with Crippen LogP contribution in [-0.2, 0) is 16.2 Å². The fourth-order valence-electron chi connectivity index (χ4n) is 2.16. The van der Waals surface area contributed by atoms with Gasteiger partial charge in [-0.05, 0) is 30.3 Å². The molecule has 0 radical (unpaired) electrons. The molecule has 0 saturated carbocycles. The summed E-state index contributed by atoms with van der Waals surface area (Å²) in [5.74, 6) is 0.0595. The number of thioether (sulfide) groups is 1. The van der Waals surface area contributed by atoms with Crippen LogP contribution in [0.3, 0.4) is 0 Å². The fourth-order valence-corrected chi connectivity index (χ4v) is 3.58. The van der Waals surface area contributed by atoms with Crippen LogP contribution in [0.2, 0.25) is 5.02 Å². The molecule has 1 saturated heterocycles. The van der Waals surface area contributed by atoms with Crippen LogP contribution in [0.5, 0.6) is 5.75 Å². The Morgan fingerprint density at radius 2 is 2.19 bits per heavy atom. The molecule has 1 aliphatic rings. The second kappa shape index (κ2) is 7.94. The van der Waals surface area contributed by atoms with E-state index in [4.69, 9.17) is 38.1 Å². The molecule has 2 aromatic rings. The number of thiocarbonyl (C=S) groups is 1. The quantitative estimate of drug-likeness (QED) is 0.574. The van der Waals surface area contributed by atoms with Gasteiger partial charge in [0, 0.05) is 11.1 Å². The zero-order valence-corrected chi connectivity index (χ0v) is 15.6. The minimum atomic E-state index is -1.12. The largest absolute Gasteiger partial charge is 0.486 e. The lowest BCUT2D eigenvalue weighted by Gasteiger charge is -2.09. The first-order valence-corrected chi connectivity index (χ1v) is 8.97. The smallest absolute Gasteiger partial charge is 0.323 e. The number of carbonyl (C=O) groups is 2. The summed E-state index contributed by atoms with van der Waals surface area (Å²) >= 11 is 12.0. The van der Waals surface area contributed by atoms with Crippen molar-refractivity contribution in [3.8, 4) is 5.75 Å². The number of carboxylic acids is 1. The van der Waals surface area contributed by atoms with Crippen molar-refractivity contribution in [3.05, 3.63) is 57.8 Å². The maximum absolute atomic E-state index is 12.2. The van der Waals surface area contributed by atoms with E-state index in [-0.39, 0.29) is 10.9 Å². The summed E-state index contributed by atoms with van der Waals surface area (Å²) in [7, 11) is 0. The molecule has 1 amide bonds. The van der Waals surface area contributed by atoms with Crippen molar-refractivity contribution >= 4 is 57.9 Å². The van der Waals surface area contributed by atoms with Crippen molar-refractivity contribution in [2.24, 2.45) is 0 Å². The van der Waals surface area contributed by atoms with Gasteiger partial charge < -0.3 is 14.3 Å². The van der Waals surface area contributed by atoms with Crippen LogP contribution in [-0.4, -0.2) is 32.7 Å². The van der Waals surface area contributed by atoms with Crippen molar-refractivity contribution in [1.29, 1.82) is 0 Å². The molecule has 0 aliphatic carbocycles. The van der Waals surface area contributed by atoms with E-state index in [1.807, 2.05) is 0 Å². The number of aliphatic carboxylic acids is 1. The van der Waals surface area contributed by atoms with Crippen LogP contribution in [0.4, 0.5) is 0 Å². The lowest BCUT2D eigenvalue weighted by atomic mass is 10.3. The molecule has 1 aromatic carbocycles. The van der Waals surface area contributed by atoms with E-state index < -0.39 is 18.4 Å². The van der Waals surface area contributed by atoms with Crippen molar-refractivity contribution in [2.45, 2.75) is 6.61 Å². The highest BCUT2D eigenvalue weighted by molar-refractivity contribution is 8.26. The number of hydrogen-bond donors (Lipinski definition) is 1. The first kappa shape index (κ1) is 18.5. The Bertz CT molecular complexity index is 908. The summed E-state index contributed by atoms with van der Waals surface area (Å²) in [5.41, 5.74) is 0. The average Bonchev–Trinajstić information content (AvgIpc) is 3.13. The second-order valence-electron chi connectivity index (χ2n) is 5.21. The van der Waals surface area contributed by atoms with Crippen LogP contribution in [0.1, 0.15) is 11.5 Å². The molecule has 0 spiro atoms. The summed E-state index contributed by atoms with van der Waals surface area (Å²) < 4.78 is 11.4. The normalized spacial score (nSPS) is 15.7. The molecule has 0 unspecified atom stereocenters. The highest BCUT2D eigenvalue weighted by Crippen LogP contribution is 2.32. The lowest BCUT2D eigenvalue weighted by Crippen LogP contribution is -2.33. The summed E-state index contributed by atoms with van der Waals surface area (Å²) in [5, 5.41) is 9.41. The number of ether oxygens (including phenoxy) is 1. The first-order chi connectivity index (χ1) is 12.4. The van der Waals surface area contributed by atoms with Crippen molar-refractivity contribution < 1.29 is 23.8 Å². The van der Waals surface area contributed by atoms with Gasteiger partial charge in [-0.15, -0.1) is 0 Å². The summed E-state index contributed by atoms with van der Waals surface area (Å²) in [6.07, 6.45) is 1.53. The van der Waals surface area contributed by atoms with Gasteiger partial charge in [-0.3, -0.25) is 14.5 Å². The zero-order valence-electron chi connectivity index (χ0n) is 13.2. The maximum Gasteiger partial charge on any atom is 0.323 e. The average molecular weight is 410 g/mol. The molecule has 1 fully saturated rings. The minimum Gasteiger partial charge on any atom is -0.486 e. The third-order valence-corrected chi connectivity index (χ3v) is 4.91. The molecule has 6 nitrogen and oxygen atoms in total. The van der Waals surface area contributed by atoms with Gasteiger partial charge in [0.05, 0.1) is 4.91 Å². The molecule has 0 bridgehead atoms. The van der Waals surface area contributed by atoms with Crippen molar-refractivity contribution in [3.63, 3.8) is 0 Å². The number of amides is 1. The molecule has 1 aromatic heterocycles. The van der Waals surface area contributed by atoms with Crippen LogP contribution in [0.15, 0.2) is 45.7 Å². The van der Waals surface area contributed by atoms with Crippen molar-refractivity contribution in [2.75, 3.05) is 6.54 Å². The Hall–Kier alpha value is -2.29. The lowest BCUT2D eigenvalue weighted by molar-refractivity contribution is -0.140. The van der Waals surface area contributed by atoms with Gasteiger partial charge in [0.1, 0.15) is 34.7 Å². The summed E-state index contributed by atoms with van der Waals surface area (Å²) in [4.78, 5) is 24.4. The van der Waals surface area contributed by atoms with E-state index >= 15 is 0 Å². The molecule has 3 rings (SSSR count). The number of furan rings is 1. The molecule has 2 heterocycles. The highest BCUT2D eigenvalue weighted by atomic mass is 35.5. The Kier molecular flexibility index (Phi) is 5.65. The zero-order chi connectivity index (χ0) is 18.7. The third kappa shape index (κ3) is 4.46. The van der Waals surface area contributed by atoms with E-state index in [1.165, 1.54) is 6.08 Å². The molecular formula is C17H12ClNO5S2. The highest BCUT2D eigenvalue weighted by Gasteiger charge is 2.33. The van der Waals surface area contributed by atoms with Gasteiger partial charge in [-0.25, -0.2) is 0 Å². The topological polar surface area (TPSA) is 80.0 Å². The Morgan fingerprint density at radius 3 is 2.92 bits per heavy atom. The molecular weight excluding hydrogens is 398 g/mol. The van der Waals surface area contributed by atoms with E-state index in [0.29, 0.717) is 27.2 Å². The van der Waals surface area contributed by atoms with E-state index in [1.54, 1.807) is 36.4 Å². The van der Waals surface area contributed by atoms with Crippen LogP contribution in [0.25, 0.3) is 6.08 Å². The molecule has 26 heavy (non-hydrogen) atoms. The Balaban J connectivity index is 1.66. The number of carbonyl (C=O) groups excluding carboxylic acids is 1. The number of carboxylic acid groups (broad SMARTS) is 1. The monoisotopic (exact) mass is 409 g/mol. The van der Waals surface area contributed by atoms with Gasteiger partial charge >= 0.3 is 5.97 Å². The second-order valence-corrected chi connectivity index (χ2v) is 7.32. The molecule has 1 aliphatic heterocycles. The predicted molar refractivity (Wildman–Crippen MR) is 102 cm³/mol. The molecule has 0 atom stereocenters. The number of benzene rings is 1. The number of nitrogens with zero attached hydrogens (tertiary/aromatic N) is 1. The number of halogens is 1. The van der Waals surface area contributed by atoms with Gasteiger partial charge in [0.15, 0.2) is 0 Å². The molecule has 134 valence electrons. The van der Waals surface area contributed by atoms with E-state index in [0.717, 1.165) is 16.7 Å². The van der Waals surface area contributed by atoms with Crippen LogP contribution >= 0.6 is 35.6 Å². The van der Waals surface area contributed by atoms with Gasteiger partial charge in [-0.2, -0.15) is 0 Å². The standard InChI is InChI=1S/C17H12ClNO5S2/c18-10-2-1-3-11(6-10)23-9-13-5-4-12(24-13)7-14-16(22)19(8-15(20)21)17(25)26-14/h1-7H,8-9H2,(H,20,21)/b14-7-. The molecule has 1 N–H and O–H groups in total. The number of hydrogen-bond acceptors (Lipinski definition) is 6. The van der Waals surface area contributed by atoms with E-state index in [2.05, 4.69) is 0 Å². The maximum atomic E-state index is 12.2. The van der Waals surface area contributed by atoms with E-state index in [9.17, 15) is 9.59 Å². The van der Waals surface area contributed by atoms with Crippen molar-refractivity contribution in [1.82, 2.24) is 4.90 Å². The summed E-state index contributed by atoms with van der Waals surface area (Å²) in [6, 6.07) is 10.4. The third-order valence-electron chi connectivity index (χ3n) is 3.30.